The molecule has 0 aliphatic carbocycles. The van der Waals surface area contributed by atoms with Gasteiger partial charge in [0.1, 0.15) is 0 Å². The molecule has 27 heavy (non-hydrogen) atoms. The molecule has 3 atom stereocenters. The minimum atomic E-state index is -0.0328. The van der Waals surface area contributed by atoms with Crippen molar-refractivity contribution in [1.82, 2.24) is 10.9 Å². The van der Waals surface area contributed by atoms with Crippen LogP contribution in [-0.4, -0.2) is 29.6 Å². The molecule has 0 bridgehead atoms. The molecule has 0 aromatic heterocycles. The number of hydrazine groups is 1. The van der Waals surface area contributed by atoms with Gasteiger partial charge in [0.05, 0.1) is 25.0 Å². The Morgan fingerprint density at radius 3 is 2.56 bits per heavy atom. The number of anilines is 1. The fourth-order valence-electron chi connectivity index (χ4n) is 4.01. The topological polar surface area (TPSA) is 57.6 Å². The number of thiocarbonyl (C=S) groups is 1. The molecule has 1 saturated heterocycles. The molecule has 6 heteroatoms. The summed E-state index contributed by atoms with van der Waals surface area (Å²) in [5.41, 5.74) is 6.45. The summed E-state index contributed by atoms with van der Waals surface area (Å²) in [5, 5.41) is 5.77. The highest BCUT2D eigenvalue weighted by Gasteiger charge is 2.28. The Morgan fingerprint density at radius 2 is 1.78 bits per heavy atom. The molecule has 1 aliphatic rings. The van der Waals surface area contributed by atoms with Crippen LogP contribution in [-0.2, 0) is 4.79 Å². The van der Waals surface area contributed by atoms with Gasteiger partial charge in [-0.15, -0.1) is 0 Å². The smallest absolute Gasteiger partial charge is 0.244 e. The first-order valence-electron chi connectivity index (χ1n) is 9.74. The molecule has 1 unspecified atom stereocenters. The molecule has 144 valence electrons. The van der Waals surface area contributed by atoms with Gasteiger partial charge in [0.2, 0.25) is 5.91 Å². The Hall–Kier alpha value is -2.18. The number of rotatable bonds is 4. The van der Waals surface area contributed by atoms with Crippen LogP contribution in [0.4, 0.5) is 5.69 Å². The van der Waals surface area contributed by atoms with Crippen LogP contribution in [0.5, 0.6) is 0 Å². The molecule has 4 N–H and O–H groups in total. The van der Waals surface area contributed by atoms with E-state index in [1.165, 1.54) is 24.2 Å². The largest absolute Gasteiger partial charge is 0.331 e. The molecule has 2 aromatic rings. The van der Waals surface area contributed by atoms with Gasteiger partial charge in [0.25, 0.3) is 0 Å². The maximum Gasteiger partial charge on any atom is 0.244 e. The molecule has 0 spiro atoms. The standard InChI is InChI=1S/C21H28N4OS/c1-15-7-5-8-16(2)25(15)14-13-20(26)23-24-21(27)22-19-12-6-10-17-9-3-4-11-18(17)19/h3-4,6,9-12,15-16H,5,7-8,13-14H2,1-2H3,(H,23,26)(H2,22,24,27)/p+1/t15-,16+. The molecule has 1 aliphatic heterocycles. The number of hydrogen-bond acceptors (Lipinski definition) is 2. The van der Waals surface area contributed by atoms with Gasteiger partial charge >= 0.3 is 0 Å². The van der Waals surface area contributed by atoms with Crippen molar-refractivity contribution in [2.45, 2.75) is 51.6 Å². The zero-order valence-electron chi connectivity index (χ0n) is 16.0. The Balaban J connectivity index is 1.46. The van der Waals surface area contributed by atoms with E-state index in [0.717, 1.165) is 23.0 Å². The summed E-state index contributed by atoms with van der Waals surface area (Å²) in [6.07, 6.45) is 4.29. The Labute approximate surface area is 166 Å². The third kappa shape index (κ3) is 5.17. The van der Waals surface area contributed by atoms with E-state index < -0.39 is 0 Å². The van der Waals surface area contributed by atoms with Crippen LogP contribution < -0.4 is 21.1 Å². The maximum absolute atomic E-state index is 12.2. The first-order chi connectivity index (χ1) is 13.0. The average Bonchev–Trinajstić information content (AvgIpc) is 2.66. The summed E-state index contributed by atoms with van der Waals surface area (Å²) in [4.78, 5) is 13.7. The first-order valence-corrected chi connectivity index (χ1v) is 10.1. The highest BCUT2D eigenvalue weighted by Crippen LogP contribution is 2.22. The van der Waals surface area contributed by atoms with Crippen molar-refractivity contribution in [3.63, 3.8) is 0 Å². The summed E-state index contributed by atoms with van der Waals surface area (Å²) < 4.78 is 0. The van der Waals surface area contributed by atoms with Crippen LogP contribution in [0.2, 0.25) is 0 Å². The number of nitrogens with one attached hydrogen (secondary N) is 4. The van der Waals surface area contributed by atoms with Crippen molar-refractivity contribution in [3.8, 4) is 0 Å². The lowest BCUT2D eigenvalue weighted by atomic mass is 9.97. The molecule has 0 saturated carbocycles. The monoisotopic (exact) mass is 385 g/mol. The van der Waals surface area contributed by atoms with Crippen LogP contribution in [0.15, 0.2) is 42.5 Å². The number of fused-ring (bicyclic) bond motifs is 1. The number of hydrogen-bond donors (Lipinski definition) is 4. The zero-order chi connectivity index (χ0) is 19.2. The van der Waals surface area contributed by atoms with Crippen molar-refractivity contribution < 1.29 is 9.69 Å². The number of likely N-dealkylation sites (tertiary alicyclic amines) is 1. The summed E-state index contributed by atoms with van der Waals surface area (Å²) in [6.45, 7) is 5.42. The van der Waals surface area contributed by atoms with Gasteiger partial charge in [0.15, 0.2) is 5.11 Å². The molecule has 2 aromatic carbocycles. The number of carbonyl (C=O) groups excluding carboxylic acids is 1. The van der Waals surface area contributed by atoms with Crippen molar-refractivity contribution in [2.24, 2.45) is 0 Å². The van der Waals surface area contributed by atoms with Gasteiger partial charge in [-0.3, -0.25) is 15.6 Å². The molecule has 3 rings (SSSR count). The van der Waals surface area contributed by atoms with E-state index in [1.807, 2.05) is 30.3 Å². The van der Waals surface area contributed by atoms with Crippen LogP contribution in [0.1, 0.15) is 39.5 Å². The summed E-state index contributed by atoms with van der Waals surface area (Å²) >= 11 is 5.32. The van der Waals surface area contributed by atoms with Crippen molar-refractivity contribution in [2.75, 3.05) is 11.9 Å². The second kappa shape index (κ2) is 9.15. The summed E-state index contributed by atoms with van der Waals surface area (Å²) in [7, 11) is 0. The van der Waals surface area contributed by atoms with Crippen molar-refractivity contribution in [3.05, 3.63) is 42.5 Å². The molecule has 1 fully saturated rings. The number of amides is 1. The van der Waals surface area contributed by atoms with E-state index in [-0.39, 0.29) is 5.91 Å². The third-order valence-electron chi connectivity index (χ3n) is 5.53. The molecular weight excluding hydrogens is 356 g/mol. The van der Waals surface area contributed by atoms with E-state index in [0.29, 0.717) is 23.6 Å². The van der Waals surface area contributed by atoms with Gasteiger partial charge in [-0.25, -0.2) is 0 Å². The van der Waals surface area contributed by atoms with Crippen molar-refractivity contribution >= 4 is 39.7 Å². The maximum atomic E-state index is 12.2. The van der Waals surface area contributed by atoms with E-state index in [9.17, 15) is 4.79 Å². The fraction of sp³-hybridized carbons (Fsp3) is 0.429. The normalized spacial score (nSPS) is 22.2. The summed E-state index contributed by atoms with van der Waals surface area (Å²) in [5.74, 6) is -0.0328. The zero-order valence-corrected chi connectivity index (χ0v) is 16.9. The van der Waals surface area contributed by atoms with Crippen LogP contribution in [0, 0.1) is 0 Å². The van der Waals surface area contributed by atoms with Gasteiger partial charge in [-0.05, 0) is 56.8 Å². The predicted octanol–water partition coefficient (Wildman–Crippen LogP) is 2.39. The van der Waals surface area contributed by atoms with E-state index in [2.05, 4.69) is 42.1 Å². The van der Waals surface area contributed by atoms with E-state index in [4.69, 9.17) is 12.2 Å². The Morgan fingerprint density at radius 1 is 1.07 bits per heavy atom. The lowest BCUT2D eigenvalue weighted by Gasteiger charge is -2.35. The first kappa shape index (κ1) is 19.6. The van der Waals surface area contributed by atoms with Crippen LogP contribution in [0.25, 0.3) is 10.8 Å². The number of piperidine rings is 1. The van der Waals surface area contributed by atoms with Crippen molar-refractivity contribution in [1.29, 1.82) is 0 Å². The molecular formula is C21H29N4OS+. The highest BCUT2D eigenvalue weighted by atomic mass is 32.1. The third-order valence-corrected chi connectivity index (χ3v) is 5.74. The minimum Gasteiger partial charge on any atom is -0.331 e. The second-order valence-electron chi connectivity index (χ2n) is 7.46. The number of benzene rings is 2. The van der Waals surface area contributed by atoms with Crippen LogP contribution in [0.3, 0.4) is 0 Å². The Bertz CT molecular complexity index is 794. The van der Waals surface area contributed by atoms with Gasteiger partial charge in [-0.1, -0.05) is 36.4 Å². The van der Waals surface area contributed by atoms with E-state index in [1.54, 1.807) is 0 Å². The lowest BCUT2D eigenvalue weighted by molar-refractivity contribution is -0.950. The molecule has 1 heterocycles. The average molecular weight is 386 g/mol. The van der Waals surface area contributed by atoms with Gasteiger partial charge in [-0.2, -0.15) is 0 Å². The van der Waals surface area contributed by atoms with E-state index >= 15 is 0 Å². The lowest BCUT2D eigenvalue weighted by Crippen LogP contribution is -3.19. The SMILES string of the molecule is C[C@@H]1CCC[C@H](C)[NH+]1CCC(=O)NNC(=S)Nc1cccc2ccccc12. The number of quaternary nitrogens is 1. The fourth-order valence-corrected chi connectivity index (χ4v) is 4.18. The molecule has 5 nitrogen and oxygen atoms in total. The minimum absolute atomic E-state index is 0.0328. The quantitative estimate of drug-likeness (QED) is 0.482. The molecule has 0 radical (unpaired) electrons. The van der Waals surface area contributed by atoms with Crippen LogP contribution >= 0.6 is 12.2 Å². The number of carbonyl (C=O) groups is 1. The van der Waals surface area contributed by atoms with Gasteiger partial charge in [0, 0.05) is 11.1 Å². The summed E-state index contributed by atoms with van der Waals surface area (Å²) in [6, 6.07) is 15.4. The highest BCUT2D eigenvalue weighted by molar-refractivity contribution is 7.80. The second-order valence-corrected chi connectivity index (χ2v) is 7.87. The molecule has 1 amide bonds. The predicted molar refractivity (Wildman–Crippen MR) is 115 cm³/mol. The Kier molecular flexibility index (Phi) is 6.63. The van der Waals surface area contributed by atoms with Gasteiger partial charge < -0.3 is 10.2 Å².